The summed E-state index contributed by atoms with van der Waals surface area (Å²) in [6.07, 6.45) is 3.51. The molecule has 0 amide bonds. The zero-order valence-corrected chi connectivity index (χ0v) is 24.0. The van der Waals surface area contributed by atoms with Crippen molar-refractivity contribution in [2.75, 3.05) is 0 Å². The van der Waals surface area contributed by atoms with E-state index < -0.39 is 21.3 Å². The van der Waals surface area contributed by atoms with Crippen LogP contribution in [0.2, 0.25) is 0 Å². The largest absolute Gasteiger partial charge is 1.00 e. The van der Waals surface area contributed by atoms with E-state index in [0.29, 0.717) is 11.8 Å². The molecular weight excluding hydrogens is 541 g/mol. The first-order valence-electron chi connectivity index (χ1n) is 11.5. The molecule has 0 saturated heterocycles. The molecule has 1 unspecified atom stereocenters. The van der Waals surface area contributed by atoms with Crippen molar-refractivity contribution in [3.8, 4) is 11.1 Å². The summed E-state index contributed by atoms with van der Waals surface area (Å²) in [7, 11) is 0. The van der Waals surface area contributed by atoms with E-state index >= 15 is 0 Å². The van der Waals surface area contributed by atoms with Crippen molar-refractivity contribution in [1.29, 1.82) is 0 Å². The Labute approximate surface area is 223 Å². The fourth-order valence-electron chi connectivity index (χ4n) is 5.48. The second-order valence-corrected chi connectivity index (χ2v) is 14.8. The standard InChI is InChI=1S/C13H9.C10H15.C7H5F.2ClH.Zr/c1-3-7-12-10(5-1)9-11-6-2-4-8-13(11)12;1-7(2)10-6-8(3)5-9(10)4;1-6-2-4-7(8)5-3-6;;;/h1-5,7-8H,9H2;6-8H,1-4H3;1-5H;2*1H;/q;;;;;+2/p-2. The summed E-state index contributed by atoms with van der Waals surface area (Å²) < 4.78 is 19.4. The smallest absolute Gasteiger partial charge is 1.00 e. The zero-order valence-electron chi connectivity index (χ0n) is 20.0. The molecule has 1 atom stereocenters. The van der Waals surface area contributed by atoms with Crippen molar-refractivity contribution < 1.29 is 50.5 Å². The van der Waals surface area contributed by atoms with Gasteiger partial charge in [0.15, 0.2) is 0 Å². The van der Waals surface area contributed by atoms with Gasteiger partial charge in [-0.1, -0.05) is 0 Å². The summed E-state index contributed by atoms with van der Waals surface area (Å²) >= 11 is -2.44. The van der Waals surface area contributed by atoms with E-state index in [-0.39, 0.29) is 30.6 Å². The molecule has 0 saturated carbocycles. The maximum absolute atomic E-state index is 13.6. The Kier molecular flexibility index (Phi) is 8.72. The predicted molar refractivity (Wildman–Crippen MR) is 131 cm³/mol. The summed E-state index contributed by atoms with van der Waals surface area (Å²) in [6, 6.07) is 22.8. The molecule has 3 aromatic rings. The van der Waals surface area contributed by atoms with Gasteiger partial charge in [-0.2, -0.15) is 0 Å². The molecule has 0 nitrogen and oxygen atoms in total. The number of hydrogen-bond donors (Lipinski definition) is 0. The molecule has 3 aromatic carbocycles. The van der Waals surface area contributed by atoms with E-state index in [1.165, 1.54) is 33.4 Å². The van der Waals surface area contributed by atoms with E-state index in [4.69, 9.17) is 0 Å². The Hall–Kier alpha value is -1.60. The van der Waals surface area contributed by atoms with Crippen LogP contribution in [-0.2, 0) is 27.7 Å². The Morgan fingerprint density at radius 3 is 2.26 bits per heavy atom. The van der Waals surface area contributed by atoms with Crippen molar-refractivity contribution in [3.63, 3.8) is 0 Å². The summed E-state index contributed by atoms with van der Waals surface area (Å²) in [5.41, 5.74) is 9.92. The number of allylic oxidation sites excluding steroid dienone is 4. The molecule has 174 valence electrons. The summed E-state index contributed by atoms with van der Waals surface area (Å²) in [5.74, 6) is 0.839. The van der Waals surface area contributed by atoms with Crippen LogP contribution >= 0.6 is 0 Å². The van der Waals surface area contributed by atoms with Gasteiger partial charge in [-0.05, 0) is 0 Å². The van der Waals surface area contributed by atoms with Gasteiger partial charge in [0, 0.05) is 0 Å². The molecule has 0 spiro atoms. The van der Waals surface area contributed by atoms with Crippen molar-refractivity contribution in [2.24, 2.45) is 11.8 Å². The van der Waals surface area contributed by atoms with Gasteiger partial charge >= 0.3 is 199 Å². The van der Waals surface area contributed by atoms with Crippen LogP contribution in [0.5, 0.6) is 0 Å². The van der Waals surface area contributed by atoms with Crippen molar-refractivity contribution >= 4 is 6.98 Å². The molecular formula is C30H29Cl2FZr. The molecule has 0 bridgehead atoms. The van der Waals surface area contributed by atoms with Crippen molar-refractivity contribution in [1.82, 2.24) is 0 Å². The molecule has 0 heterocycles. The molecule has 5 rings (SSSR count). The maximum atomic E-state index is 13.6. The first-order valence-corrected chi connectivity index (χ1v) is 15.4. The third kappa shape index (κ3) is 4.88. The second kappa shape index (κ2) is 11.0. The molecule has 0 aliphatic heterocycles. The van der Waals surface area contributed by atoms with E-state index in [1.807, 2.05) is 12.1 Å². The maximum Gasteiger partial charge on any atom is -1.00 e. The first-order chi connectivity index (χ1) is 15.4. The first kappa shape index (κ1) is 27.0. The normalized spacial score (nSPS) is 16.1. The monoisotopic (exact) mass is 568 g/mol. The van der Waals surface area contributed by atoms with Gasteiger partial charge in [-0.15, -0.1) is 0 Å². The summed E-state index contributed by atoms with van der Waals surface area (Å²) in [5, 5.41) is 0. The fraction of sp³-hybridized carbons (Fsp3) is 0.233. The molecule has 2 aliphatic rings. The van der Waals surface area contributed by atoms with Crippen LogP contribution in [0.25, 0.3) is 11.1 Å². The van der Waals surface area contributed by atoms with Crippen LogP contribution in [0.4, 0.5) is 4.39 Å². The summed E-state index contributed by atoms with van der Waals surface area (Å²) in [6.45, 7) is 9.30. The van der Waals surface area contributed by atoms with Gasteiger partial charge in [-0.25, -0.2) is 0 Å². The van der Waals surface area contributed by atoms with Gasteiger partial charge in [0.25, 0.3) is 0 Å². The number of fused-ring (bicyclic) bond motifs is 3. The number of rotatable bonds is 4. The number of hydrogen-bond acceptors (Lipinski definition) is 0. The summed E-state index contributed by atoms with van der Waals surface area (Å²) in [4.78, 5) is 0. The average Bonchev–Trinajstić information content (AvgIpc) is 3.31. The topological polar surface area (TPSA) is 0 Å². The molecule has 0 radical (unpaired) electrons. The van der Waals surface area contributed by atoms with Gasteiger partial charge in [0.05, 0.1) is 0 Å². The average molecular weight is 571 g/mol. The minimum atomic E-state index is -2.44. The van der Waals surface area contributed by atoms with Gasteiger partial charge in [0.1, 0.15) is 0 Å². The molecule has 0 N–H and O–H groups in total. The molecule has 2 aliphatic carbocycles. The fourth-order valence-corrected chi connectivity index (χ4v) is 13.0. The van der Waals surface area contributed by atoms with Crippen LogP contribution in [0.3, 0.4) is 0 Å². The minimum absolute atomic E-state index is 0. The third-order valence-corrected chi connectivity index (χ3v) is 14.5. The van der Waals surface area contributed by atoms with Gasteiger partial charge in [-0.3, -0.25) is 0 Å². The van der Waals surface area contributed by atoms with Crippen LogP contribution in [0.15, 0.2) is 87.2 Å². The number of halogens is 3. The van der Waals surface area contributed by atoms with Crippen LogP contribution in [0.1, 0.15) is 44.4 Å². The van der Waals surface area contributed by atoms with E-state index in [1.54, 1.807) is 18.7 Å². The SMILES string of the molecule is CC1=[C](/[Zr+2](=[CH]/c2ccc(F)cc2)[c]2cccc3c2Cc2ccccc2-3)C(C)C=C1C(C)C.[Cl-].[Cl-]. The third-order valence-electron chi connectivity index (χ3n) is 6.96. The molecule has 0 aromatic heterocycles. The van der Waals surface area contributed by atoms with Crippen molar-refractivity contribution in [2.45, 2.75) is 34.1 Å². The number of benzene rings is 3. The molecule has 4 heteroatoms. The Balaban J connectivity index is 0.00000162. The Morgan fingerprint density at radius 1 is 0.912 bits per heavy atom. The Morgan fingerprint density at radius 2 is 1.59 bits per heavy atom. The Bertz CT molecular complexity index is 1300. The van der Waals surface area contributed by atoms with Crippen LogP contribution < -0.4 is 28.1 Å². The zero-order chi connectivity index (χ0) is 22.4. The minimum Gasteiger partial charge on any atom is -1.00 e. The predicted octanol–water partition coefficient (Wildman–Crippen LogP) is 1.01. The van der Waals surface area contributed by atoms with E-state index in [2.05, 4.69) is 79.9 Å². The quantitative estimate of drug-likeness (QED) is 0.344. The molecule has 0 fully saturated rings. The molecule has 34 heavy (non-hydrogen) atoms. The van der Waals surface area contributed by atoms with E-state index in [0.717, 1.165) is 12.0 Å². The van der Waals surface area contributed by atoms with Crippen LogP contribution in [-0.4, -0.2) is 3.71 Å². The second-order valence-electron chi connectivity index (χ2n) is 9.38. The van der Waals surface area contributed by atoms with E-state index in [9.17, 15) is 4.39 Å². The van der Waals surface area contributed by atoms with Crippen LogP contribution in [0, 0.1) is 17.7 Å². The van der Waals surface area contributed by atoms with Gasteiger partial charge < -0.3 is 24.8 Å². The van der Waals surface area contributed by atoms with Gasteiger partial charge in [0.2, 0.25) is 0 Å². The van der Waals surface area contributed by atoms with Crippen molar-refractivity contribution in [3.05, 3.63) is 110 Å².